The topological polar surface area (TPSA) is 55.4 Å². The summed E-state index contributed by atoms with van der Waals surface area (Å²) in [5.41, 5.74) is 0.828. The van der Waals surface area contributed by atoms with E-state index in [0.29, 0.717) is 11.3 Å². The zero-order chi connectivity index (χ0) is 14.0. The summed E-state index contributed by atoms with van der Waals surface area (Å²) in [6.07, 6.45) is -0.0355. The summed E-state index contributed by atoms with van der Waals surface area (Å²) < 4.78 is 18.0. The molecule has 1 N–H and O–H groups in total. The van der Waals surface area contributed by atoms with Crippen molar-refractivity contribution in [3.8, 4) is 0 Å². The molecule has 0 bridgehead atoms. The van der Waals surface area contributed by atoms with Crippen molar-refractivity contribution in [2.24, 2.45) is 0 Å². The fraction of sp³-hybridized carbons (Fsp3) is 0.231. The zero-order valence-corrected chi connectivity index (χ0v) is 10.7. The van der Waals surface area contributed by atoms with E-state index < -0.39 is 17.7 Å². The second-order valence-corrected chi connectivity index (χ2v) is 4.70. The largest absolute Gasteiger partial charge is 0.459 e. The Labute approximate surface area is 114 Å². The smallest absolute Gasteiger partial charge is 0.314 e. The van der Waals surface area contributed by atoms with Crippen molar-refractivity contribution in [1.82, 2.24) is 0 Å². The van der Waals surface area contributed by atoms with Crippen LogP contribution in [-0.4, -0.2) is 18.5 Å². The Morgan fingerprint density at radius 3 is 3.00 bits per heavy atom. The fourth-order valence-electron chi connectivity index (χ4n) is 1.90. The first-order chi connectivity index (χ1) is 8.97. The number of ether oxygens (including phenoxy) is 1. The molecule has 0 unspecified atom stereocenters. The molecule has 0 radical (unpaired) electrons. The molecule has 1 heterocycles. The second-order valence-electron chi connectivity index (χ2n) is 4.16. The quantitative estimate of drug-likeness (QED) is 0.868. The number of hydrogen-bond donors (Lipinski definition) is 1. The normalized spacial score (nSPS) is 17.4. The number of fused-ring (bicyclic) bond motifs is 1. The summed E-state index contributed by atoms with van der Waals surface area (Å²) in [4.78, 5) is 23.4. The van der Waals surface area contributed by atoms with Gasteiger partial charge in [-0.1, -0.05) is 24.2 Å². The molecule has 0 aromatic heterocycles. The van der Waals surface area contributed by atoms with Crippen molar-refractivity contribution in [3.05, 3.63) is 41.2 Å². The van der Waals surface area contributed by atoms with Crippen LogP contribution in [0.4, 0.5) is 10.1 Å². The number of anilines is 1. The van der Waals surface area contributed by atoms with Gasteiger partial charge in [0.05, 0.1) is 5.92 Å². The number of benzene rings is 1. The first kappa shape index (κ1) is 13.5. The average molecular weight is 284 g/mol. The molecule has 1 aromatic rings. The summed E-state index contributed by atoms with van der Waals surface area (Å²) >= 11 is 5.51. The van der Waals surface area contributed by atoms with E-state index in [9.17, 15) is 14.0 Å². The predicted octanol–water partition coefficient (Wildman–Crippen LogP) is 2.55. The lowest BCUT2D eigenvalue weighted by atomic mass is 9.90. The molecular formula is C13H11ClFNO3. The maximum absolute atomic E-state index is 13.1. The van der Waals surface area contributed by atoms with Crippen LogP contribution in [0.1, 0.15) is 17.9 Å². The third-order valence-electron chi connectivity index (χ3n) is 2.71. The number of hydrogen-bond acceptors (Lipinski definition) is 3. The van der Waals surface area contributed by atoms with Gasteiger partial charge in [0.2, 0.25) is 5.91 Å². The van der Waals surface area contributed by atoms with E-state index >= 15 is 0 Å². The van der Waals surface area contributed by atoms with E-state index in [1.165, 1.54) is 18.2 Å². The van der Waals surface area contributed by atoms with Gasteiger partial charge in [0.15, 0.2) is 0 Å². The van der Waals surface area contributed by atoms with Gasteiger partial charge in [-0.15, -0.1) is 0 Å². The summed E-state index contributed by atoms with van der Waals surface area (Å²) in [5.74, 6) is -2.17. The molecule has 4 nitrogen and oxygen atoms in total. The lowest BCUT2D eigenvalue weighted by molar-refractivity contribution is -0.145. The van der Waals surface area contributed by atoms with Gasteiger partial charge in [-0.25, -0.2) is 4.39 Å². The molecular weight excluding hydrogens is 273 g/mol. The third-order valence-corrected chi connectivity index (χ3v) is 2.82. The van der Waals surface area contributed by atoms with E-state index in [1.54, 1.807) is 0 Å². The van der Waals surface area contributed by atoms with Gasteiger partial charge in [-0.05, 0) is 17.7 Å². The molecule has 1 aliphatic rings. The van der Waals surface area contributed by atoms with Gasteiger partial charge in [0, 0.05) is 17.1 Å². The van der Waals surface area contributed by atoms with Crippen molar-refractivity contribution >= 4 is 29.2 Å². The highest BCUT2D eigenvalue weighted by molar-refractivity contribution is 6.29. The molecule has 2 rings (SSSR count). The average Bonchev–Trinajstić information content (AvgIpc) is 2.34. The molecule has 1 aliphatic heterocycles. The summed E-state index contributed by atoms with van der Waals surface area (Å²) in [5, 5.41) is 2.71. The van der Waals surface area contributed by atoms with Crippen molar-refractivity contribution < 1.29 is 18.7 Å². The number of carbonyl (C=O) groups is 2. The van der Waals surface area contributed by atoms with Crippen LogP contribution >= 0.6 is 11.6 Å². The Hall–Kier alpha value is -1.88. The van der Waals surface area contributed by atoms with Crippen LogP contribution in [0, 0.1) is 5.82 Å². The minimum atomic E-state index is -0.750. The Bertz CT molecular complexity index is 559. The number of nitrogens with one attached hydrogen (secondary N) is 1. The molecule has 1 atom stereocenters. The van der Waals surface area contributed by atoms with E-state index in [0.717, 1.165) is 0 Å². The number of carbonyl (C=O) groups excluding carboxylic acids is 2. The van der Waals surface area contributed by atoms with Gasteiger partial charge in [-0.3, -0.25) is 9.59 Å². The van der Waals surface area contributed by atoms with E-state index in [4.69, 9.17) is 16.3 Å². The van der Waals surface area contributed by atoms with Crippen LogP contribution in [0.25, 0.3) is 0 Å². The predicted molar refractivity (Wildman–Crippen MR) is 68.3 cm³/mol. The number of esters is 1. The standard InChI is InChI=1S/C13H11ClFNO3/c1-7(14)6-19-13(18)10-5-12(17)16-11-4-8(15)2-3-9(10)11/h2-4,10H,1,5-6H2,(H,16,17)/t10-/m0/s1. The lowest BCUT2D eigenvalue weighted by Gasteiger charge is -2.24. The number of halogens is 2. The molecule has 0 aliphatic carbocycles. The molecule has 0 fully saturated rings. The van der Waals surface area contributed by atoms with Crippen LogP contribution < -0.4 is 5.32 Å². The van der Waals surface area contributed by atoms with Gasteiger partial charge in [-0.2, -0.15) is 0 Å². The Morgan fingerprint density at radius 2 is 2.32 bits per heavy atom. The number of amides is 1. The summed E-state index contributed by atoms with van der Waals surface area (Å²) in [6, 6.07) is 3.87. The summed E-state index contributed by atoms with van der Waals surface area (Å²) in [6.45, 7) is 3.29. The molecule has 0 saturated carbocycles. The van der Waals surface area contributed by atoms with Crippen molar-refractivity contribution in [3.63, 3.8) is 0 Å². The number of rotatable bonds is 3. The Morgan fingerprint density at radius 1 is 1.58 bits per heavy atom. The van der Waals surface area contributed by atoms with Crippen molar-refractivity contribution in [1.29, 1.82) is 0 Å². The van der Waals surface area contributed by atoms with E-state index in [-0.39, 0.29) is 24.0 Å². The first-order valence-electron chi connectivity index (χ1n) is 5.56. The maximum Gasteiger partial charge on any atom is 0.314 e. The molecule has 6 heteroatoms. The van der Waals surface area contributed by atoms with Crippen LogP contribution in [0.3, 0.4) is 0 Å². The highest BCUT2D eigenvalue weighted by Gasteiger charge is 2.32. The second kappa shape index (κ2) is 5.40. The third kappa shape index (κ3) is 3.12. The zero-order valence-electron chi connectivity index (χ0n) is 9.91. The van der Waals surface area contributed by atoms with Gasteiger partial charge >= 0.3 is 5.97 Å². The molecule has 1 amide bonds. The van der Waals surface area contributed by atoms with E-state index in [2.05, 4.69) is 11.9 Å². The van der Waals surface area contributed by atoms with Crippen molar-refractivity contribution in [2.75, 3.05) is 11.9 Å². The Kier molecular flexibility index (Phi) is 3.85. The van der Waals surface area contributed by atoms with Crippen LogP contribution in [0.5, 0.6) is 0 Å². The fourth-order valence-corrected chi connectivity index (χ4v) is 1.95. The monoisotopic (exact) mass is 283 g/mol. The molecule has 100 valence electrons. The Balaban J connectivity index is 2.25. The first-order valence-corrected chi connectivity index (χ1v) is 5.94. The van der Waals surface area contributed by atoms with Crippen LogP contribution in [0.2, 0.25) is 0 Å². The molecule has 0 spiro atoms. The maximum atomic E-state index is 13.1. The van der Waals surface area contributed by atoms with Gasteiger partial charge < -0.3 is 10.1 Å². The highest BCUT2D eigenvalue weighted by atomic mass is 35.5. The minimum absolute atomic E-state index is 0.0355. The van der Waals surface area contributed by atoms with Crippen LogP contribution in [0.15, 0.2) is 29.8 Å². The van der Waals surface area contributed by atoms with Gasteiger partial charge in [0.25, 0.3) is 0 Å². The molecule has 19 heavy (non-hydrogen) atoms. The SMILES string of the molecule is C=C(Cl)COC(=O)[C@H]1CC(=O)Nc2cc(F)ccc21. The highest BCUT2D eigenvalue weighted by Crippen LogP contribution is 2.33. The van der Waals surface area contributed by atoms with Crippen LogP contribution in [-0.2, 0) is 14.3 Å². The van der Waals surface area contributed by atoms with Crippen molar-refractivity contribution in [2.45, 2.75) is 12.3 Å². The molecule has 1 aromatic carbocycles. The minimum Gasteiger partial charge on any atom is -0.459 e. The van der Waals surface area contributed by atoms with E-state index in [1.807, 2.05) is 0 Å². The van der Waals surface area contributed by atoms with Gasteiger partial charge in [0.1, 0.15) is 12.4 Å². The molecule has 0 saturated heterocycles. The lowest BCUT2D eigenvalue weighted by Crippen LogP contribution is -2.28. The summed E-state index contributed by atoms with van der Waals surface area (Å²) in [7, 11) is 0.